The zero-order valence-corrected chi connectivity index (χ0v) is 14.4. The number of nitrogens with one attached hydrogen (secondary N) is 1. The Bertz CT molecular complexity index is 450. The Morgan fingerprint density at radius 2 is 1.91 bits per heavy atom. The van der Waals surface area contributed by atoms with Gasteiger partial charge < -0.3 is 15.3 Å². The van der Waals surface area contributed by atoms with Crippen LogP contribution in [0.2, 0.25) is 0 Å². The number of rotatable bonds is 8. The molecule has 0 aliphatic carbocycles. The van der Waals surface area contributed by atoms with Crippen molar-refractivity contribution < 1.29 is 13.9 Å². The van der Waals surface area contributed by atoms with Gasteiger partial charge in [0, 0.05) is 24.0 Å². The number of nitrogens with zero attached hydrogens (tertiary/aromatic N) is 1. The van der Waals surface area contributed by atoms with Gasteiger partial charge >= 0.3 is 0 Å². The Morgan fingerprint density at radius 1 is 1.26 bits per heavy atom. The molecule has 6 heteroatoms. The number of piperidine rings is 1. The smallest absolute Gasteiger partial charge is 0.288 e. The molecule has 0 saturated carbocycles. The maximum atomic E-state index is 12.3. The zero-order chi connectivity index (χ0) is 16.7. The first-order chi connectivity index (χ1) is 11.0. The summed E-state index contributed by atoms with van der Waals surface area (Å²) >= 11 is 0.579. The Kier molecular flexibility index (Phi) is 7.76. The zero-order valence-electron chi connectivity index (χ0n) is 13.5. The molecule has 1 fully saturated rings. The molecule has 1 unspecified atom stereocenters. The molecule has 0 radical (unpaired) electrons. The molecule has 2 N–H and O–H groups in total. The lowest BCUT2D eigenvalue weighted by Crippen LogP contribution is -2.37. The minimum atomic E-state index is -2.37. The Balaban J connectivity index is 1.65. The third kappa shape index (κ3) is 6.75. The second kappa shape index (κ2) is 9.57. The van der Waals surface area contributed by atoms with E-state index in [2.05, 4.69) is 17.1 Å². The molecule has 1 aliphatic heterocycles. The van der Waals surface area contributed by atoms with Crippen molar-refractivity contribution in [2.45, 2.75) is 49.0 Å². The predicted molar refractivity (Wildman–Crippen MR) is 91.0 cm³/mol. The molecule has 1 aromatic carbocycles. The second-order valence-electron chi connectivity index (χ2n) is 6.05. The van der Waals surface area contributed by atoms with Crippen LogP contribution in [0.25, 0.3) is 0 Å². The van der Waals surface area contributed by atoms with E-state index < -0.39 is 5.76 Å². The number of thioether (sulfide) groups is 1. The molecule has 0 bridgehead atoms. The van der Waals surface area contributed by atoms with Gasteiger partial charge in [-0.25, -0.2) is 0 Å². The third-order valence-electron chi connectivity index (χ3n) is 4.26. The molecule has 1 saturated heterocycles. The standard InChI is InChI=1S/C17H26F2N2OS/c1-13(14-3-5-16(6-4-14)23-17(18)19)20-9-2-10-21-11-7-15(22)8-12-21/h3-6,13,15,17,20,22H,2,7-12H2,1H3. The summed E-state index contributed by atoms with van der Waals surface area (Å²) in [6.45, 7) is 6.04. The van der Waals surface area contributed by atoms with E-state index in [-0.39, 0.29) is 12.1 Å². The van der Waals surface area contributed by atoms with Crippen molar-refractivity contribution in [3.05, 3.63) is 29.8 Å². The molecular weight excluding hydrogens is 318 g/mol. The van der Waals surface area contributed by atoms with Gasteiger partial charge in [0.25, 0.3) is 5.76 Å². The maximum Gasteiger partial charge on any atom is 0.288 e. The van der Waals surface area contributed by atoms with Crippen molar-refractivity contribution >= 4 is 11.8 Å². The summed E-state index contributed by atoms with van der Waals surface area (Å²) in [6.07, 6.45) is 2.72. The maximum absolute atomic E-state index is 12.3. The highest BCUT2D eigenvalue weighted by Crippen LogP contribution is 2.26. The number of aliphatic hydroxyl groups is 1. The number of hydrogen-bond acceptors (Lipinski definition) is 4. The molecule has 3 nitrogen and oxygen atoms in total. The Hall–Kier alpha value is -0.690. The topological polar surface area (TPSA) is 35.5 Å². The Morgan fingerprint density at radius 3 is 2.52 bits per heavy atom. The van der Waals surface area contributed by atoms with Crippen LogP contribution in [0, 0.1) is 0 Å². The number of halogens is 2. The average molecular weight is 344 g/mol. The first-order valence-electron chi connectivity index (χ1n) is 8.23. The molecule has 2 rings (SSSR count). The normalized spacial score (nSPS) is 18.5. The van der Waals surface area contributed by atoms with Gasteiger partial charge in [-0.3, -0.25) is 0 Å². The van der Waals surface area contributed by atoms with E-state index in [9.17, 15) is 13.9 Å². The number of hydrogen-bond donors (Lipinski definition) is 2. The highest BCUT2D eigenvalue weighted by atomic mass is 32.2. The summed E-state index contributed by atoms with van der Waals surface area (Å²) in [5, 5.41) is 13.0. The molecule has 1 aromatic rings. The van der Waals surface area contributed by atoms with Crippen molar-refractivity contribution in [1.29, 1.82) is 0 Å². The van der Waals surface area contributed by atoms with Gasteiger partial charge in [0.2, 0.25) is 0 Å². The van der Waals surface area contributed by atoms with E-state index in [1.54, 1.807) is 12.1 Å². The van der Waals surface area contributed by atoms with Gasteiger partial charge in [-0.2, -0.15) is 8.78 Å². The summed E-state index contributed by atoms with van der Waals surface area (Å²) in [6, 6.07) is 7.54. The van der Waals surface area contributed by atoms with Crippen LogP contribution in [-0.4, -0.2) is 48.0 Å². The first-order valence-corrected chi connectivity index (χ1v) is 9.11. The van der Waals surface area contributed by atoms with Crippen LogP contribution in [0.3, 0.4) is 0 Å². The van der Waals surface area contributed by atoms with Crippen LogP contribution in [0.4, 0.5) is 8.78 Å². The Labute approximate surface area is 141 Å². The molecule has 1 heterocycles. The number of likely N-dealkylation sites (tertiary alicyclic amines) is 1. The summed E-state index contributed by atoms with van der Waals surface area (Å²) in [7, 11) is 0. The quantitative estimate of drug-likeness (QED) is 0.559. The fraction of sp³-hybridized carbons (Fsp3) is 0.647. The van der Waals surface area contributed by atoms with Crippen molar-refractivity contribution in [3.8, 4) is 0 Å². The predicted octanol–water partition coefficient (Wildman–Crippen LogP) is 3.50. The molecule has 1 atom stereocenters. The van der Waals surface area contributed by atoms with Gasteiger partial charge in [-0.15, -0.1) is 0 Å². The van der Waals surface area contributed by atoms with Crippen LogP contribution in [0.5, 0.6) is 0 Å². The van der Waals surface area contributed by atoms with Crippen molar-refractivity contribution in [1.82, 2.24) is 10.2 Å². The van der Waals surface area contributed by atoms with Crippen LogP contribution in [-0.2, 0) is 0 Å². The van der Waals surface area contributed by atoms with Crippen LogP contribution < -0.4 is 5.32 Å². The minimum Gasteiger partial charge on any atom is -0.393 e. The summed E-state index contributed by atoms with van der Waals surface area (Å²) in [5.74, 6) is -2.37. The largest absolute Gasteiger partial charge is 0.393 e. The van der Waals surface area contributed by atoms with Crippen LogP contribution in [0.15, 0.2) is 29.2 Å². The molecular formula is C17H26F2N2OS. The second-order valence-corrected chi connectivity index (χ2v) is 7.11. The number of benzene rings is 1. The van der Waals surface area contributed by atoms with E-state index in [1.165, 1.54) is 0 Å². The van der Waals surface area contributed by atoms with Gasteiger partial charge in [-0.05, 0) is 57.0 Å². The van der Waals surface area contributed by atoms with Crippen LogP contribution >= 0.6 is 11.8 Å². The minimum absolute atomic E-state index is 0.115. The van der Waals surface area contributed by atoms with E-state index in [1.807, 2.05) is 12.1 Å². The first kappa shape index (κ1) is 18.6. The number of alkyl halides is 2. The molecule has 0 amide bonds. The van der Waals surface area contributed by atoms with Gasteiger partial charge in [0.05, 0.1) is 6.10 Å². The van der Waals surface area contributed by atoms with Crippen molar-refractivity contribution in [2.75, 3.05) is 26.2 Å². The van der Waals surface area contributed by atoms with E-state index in [4.69, 9.17) is 0 Å². The highest BCUT2D eigenvalue weighted by Gasteiger charge is 2.16. The highest BCUT2D eigenvalue weighted by molar-refractivity contribution is 7.99. The fourth-order valence-electron chi connectivity index (χ4n) is 2.82. The fourth-order valence-corrected chi connectivity index (χ4v) is 3.32. The average Bonchev–Trinajstić information content (AvgIpc) is 2.53. The molecule has 23 heavy (non-hydrogen) atoms. The van der Waals surface area contributed by atoms with Crippen molar-refractivity contribution in [3.63, 3.8) is 0 Å². The lowest BCUT2D eigenvalue weighted by molar-refractivity contribution is 0.0820. The van der Waals surface area contributed by atoms with Gasteiger partial charge in [-0.1, -0.05) is 23.9 Å². The van der Waals surface area contributed by atoms with Crippen LogP contribution in [0.1, 0.15) is 37.8 Å². The summed E-state index contributed by atoms with van der Waals surface area (Å²) in [4.78, 5) is 3.00. The summed E-state index contributed by atoms with van der Waals surface area (Å²) < 4.78 is 24.6. The SMILES string of the molecule is CC(NCCCN1CCC(O)CC1)c1ccc(SC(F)F)cc1. The lowest BCUT2D eigenvalue weighted by Gasteiger charge is -2.29. The summed E-state index contributed by atoms with van der Waals surface area (Å²) in [5.41, 5.74) is 1.12. The van der Waals surface area contributed by atoms with Gasteiger partial charge in [0.1, 0.15) is 0 Å². The molecule has 0 aromatic heterocycles. The lowest BCUT2D eigenvalue weighted by atomic mass is 10.1. The van der Waals surface area contributed by atoms with E-state index in [0.29, 0.717) is 16.7 Å². The molecule has 1 aliphatic rings. The number of aliphatic hydroxyl groups excluding tert-OH is 1. The third-order valence-corrected chi connectivity index (χ3v) is 4.99. The molecule has 130 valence electrons. The van der Waals surface area contributed by atoms with Crippen molar-refractivity contribution in [2.24, 2.45) is 0 Å². The van der Waals surface area contributed by atoms with E-state index >= 15 is 0 Å². The monoisotopic (exact) mass is 344 g/mol. The van der Waals surface area contributed by atoms with E-state index in [0.717, 1.165) is 51.0 Å². The van der Waals surface area contributed by atoms with Gasteiger partial charge in [0.15, 0.2) is 0 Å². The molecule has 0 spiro atoms.